The number of hydrogen-bond acceptors (Lipinski definition) is 3. The maximum atomic E-state index is 12.8. The molecule has 1 amide bonds. The Hall–Kier alpha value is -2.14. The molecular weight excluding hydrogens is 348 g/mol. The molecule has 3 rings (SSSR count). The van der Waals surface area contributed by atoms with Crippen molar-refractivity contribution in [2.24, 2.45) is 5.92 Å². The lowest BCUT2D eigenvalue weighted by Crippen LogP contribution is -2.40. The lowest BCUT2D eigenvalue weighted by atomic mass is 10.0. The third-order valence-corrected chi connectivity index (χ3v) is 5.85. The summed E-state index contributed by atoms with van der Waals surface area (Å²) in [4.78, 5) is 19.6. The Balaban J connectivity index is 1.65. The highest BCUT2D eigenvalue weighted by Crippen LogP contribution is 2.24. The molecule has 28 heavy (non-hydrogen) atoms. The van der Waals surface area contributed by atoms with Crippen molar-refractivity contribution in [3.63, 3.8) is 0 Å². The SMILES string of the molecule is Cc1ccc(C(CNC(=O)C(C)Cn2ccnc2C)N2CCCCCC2)cc1. The van der Waals surface area contributed by atoms with Gasteiger partial charge in [-0.05, 0) is 45.3 Å². The summed E-state index contributed by atoms with van der Waals surface area (Å²) in [6.45, 7) is 9.62. The molecule has 1 fully saturated rings. The molecule has 0 radical (unpaired) electrons. The molecule has 0 saturated carbocycles. The van der Waals surface area contributed by atoms with Crippen molar-refractivity contribution in [1.82, 2.24) is 19.8 Å². The minimum atomic E-state index is -0.0873. The van der Waals surface area contributed by atoms with Crippen LogP contribution >= 0.6 is 0 Å². The number of carbonyl (C=O) groups excluding carboxylic acids is 1. The Kier molecular flexibility index (Phi) is 7.26. The van der Waals surface area contributed by atoms with E-state index < -0.39 is 0 Å². The highest BCUT2D eigenvalue weighted by molar-refractivity contribution is 5.78. The first-order chi connectivity index (χ1) is 13.5. The van der Waals surface area contributed by atoms with E-state index in [9.17, 15) is 4.79 Å². The summed E-state index contributed by atoms with van der Waals surface area (Å²) in [6.07, 6.45) is 8.83. The van der Waals surface area contributed by atoms with Gasteiger partial charge in [-0.25, -0.2) is 4.98 Å². The molecule has 0 bridgehead atoms. The molecule has 1 aliphatic rings. The monoisotopic (exact) mass is 382 g/mol. The molecule has 2 aromatic rings. The Morgan fingerprint density at radius 1 is 1.11 bits per heavy atom. The van der Waals surface area contributed by atoms with Crippen molar-refractivity contribution in [3.05, 3.63) is 53.6 Å². The Labute approximate surface area is 169 Å². The van der Waals surface area contributed by atoms with Gasteiger partial charge < -0.3 is 9.88 Å². The third-order valence-electron chi connectivity index (χ3n) is 5.85. The number of likely N-dealkylation sites (tertiary alicyclic amines) is 1. The van der Waals surface area contributed by atoms with E-state index in [-0.39, 0.29) is 17.9 Å². The highest BCUT2D eigenvalue weighted by atomic mass is 16.1. The fraction of sp³-hybridized carbons (Fsp3) is 0.565. The first-order valence-corrected chi connectivity index (χ1v) is 10.6. The van der Waals surface area contributed by atoms with E-state index in [1.165, 1.54) is 36.8 Å². The zero-order valence-electron chi connectivity index (χ0n) is 17.5. The first-order valence-electron chi connectivity index (χ1n) is 10.6. The summed E-state index contributed by atoms with van der Waals surface area (Å²) < 4.78 is 2.04. The molecule has 0 spiro atoms. The van der Waals surface area contributed by atoms with Gasteiger partial charge in [0.1, 0.15) is 5.82 Å². The summed E-state index contributed by atoms with van der Waals surface area (Å²) in [6, 6.07) is 9.02. The van der Waals surface area contributed by atoms with E-state index in [1.54, 1.807) is 6.20 Å². The third kappa shape index (κ3) is 5.44. The number of benzene rings is 1. The van der Waals surface area contributed by atoms with Crippen molar-refractivity contribution in [3.8, 4) is 0 Å². The van der Waals surface area contributed by atoms with Crippen LogP contribution in [0.15, 0.2) is 36.7 Å². The van der Waals surface area contributed by atoms with E-state index in [4.69, 9.17) is 0 Å². The minimum Gasteiger partial charge on any atom is -0.354 e. The zero-order chi connectivity index (χ0) is 19.9. The molecule has 1 aromatic heterocycles. The largest absolute Gasteiger partial charge is 0.354 e. The van der Waals surface area contributed by atoms with Crippen molar-refractivity contribution in [2.45, 2.75) is 59.0 Å². The number of aromatic nitrogens is 2. The maximum Gasteiger partial charge on any atom is 0.224 e. The molecule has 1 saturated heterocycles. The van der Waals surface area contributed by atoms with E-state index in [2.05, 4.69) is 46.4 Å². The summed E-state index contributed by atoms with van der Waals surface area (Å²) >= 11 is 0. The van der Waals surface area contributed by atoms with Crippen LogP contribution in [0.3, 0.4) is 0 Å². The van der Waals surface area contributed by atoms with E-state index in [0.29, 0.717) is 13.1 Å². The van der Waals surface area contributed by atoms with Gasteiger partial charge in [-0.15, -0.1) is 0 Å². The smallest absolute Gasteiger partial charge is 0.224 e. The molecule has 2 unspecified atom stereocenters. The van der Waals surface area contributed by atoms with Crippen molar-refractivity contribution in [1.29, 1.82) is 0 Å². The Morgan fingerprint density at radius 3 is 2.39 bits per heavy atom. The van der Waals surface area contributed by atoms with E-state index in [0.717, 1.165) is 18.9 Å². The van der Waals surface area contributed by atoms with Crippen LogP contribution in [0.1, 0.15) is 55.6 Å². The number of nitrogens with one attached hydrogen (secondary N) is 1. The fourth-order valence-corrected chi connectivity index (χ4v) is 4.00. The summed E-state index contributed by atoms with van der Waals surface area (Å²) in [5.41, 5.74) is 2.57. The van der Waals surface area contributed by atoms with Gasteiger partial charge in [-0.1, -0.05) is 49.6 Å². The van der Waals surface area contributed by atoms with Gasteiger partial charge in [-0.2, -0.15) is 0 Å². The van der Waals surface area contributed by atoms with Crippen LogP contribution in [0.25, 0.3) is 0 Å². The molecule has 0 aliphatic carbocycles. The predicted molar refractivity (Wildman–Crippen MR) is 113 cm³/mol. The summed E-state index contributed by atoms with van der Waals surface area (Å²) in [5.74, 6) is 0.970. The van der Waals surface area contributed by atoms with Crippen molar-refractivity contribution < 1.29 is 4.79 Å². The van der Waals surface area contributed by atoms with Crippen LogP contribution in [-0.2, 0) is 11.3 Å². The van der Waals surface area contributed by atoms with Crippen LogP contribution < -0.4 is 5.32 Å². The first kappa shape index (κ1) is 20.6. The fourth-order valence-electron chi connectivity index (χ4n) is 4.00. The second kappa shape index (κ2) is 9.87. The molecule has 1 N–H and O–H groups in total. The number of rotatable bonds is 7. The van der Waals surface area contributed by atoms with Gasteiger partial charge in [0.05, 0.1) is 12.0 Å². The minimum absolute atomic E-state index is 0.0873. The van der Waals surface area contributed by atoms with E-state index in [1.807, 2.05) is 24.6 Å². The van der Waals surface area contributed by atoms with Crippen LogP contribution in [0.5, 0.6) is 0 Å². The lowest BCUT2D eigenvalue weighted by Gasteiger charge is -2.31. The topological polar surface area (TPSA) is 50.2 Å². The van der Waals surface area contributed by atoms with Crippen molar-refractivity contribution in [2.75, 3.05) is 19.6 Å². The molecule has 5 heteroatoms. The normalized spacial score (nSPS) is 17.7. The van der Waals surface area contributed by atoms with Crippen molar-refractivity contribution >= 4 is 5.91 Å². The van der Waals surface area contributed by atoms with Gasteiger partial charge >= 0.3 is 0 Å². The molecule has 2 atom stereocenters. The predicted octanol–water partition coefficient (Wildman–Crippen LogP) is 3.87. The second-order valence-corrected chi connectivity index (χ2v) is 8.15. The molecule has 1 aromatic carbocycles. The summed E-state index contributed by atoms with van der Waals surface area (Å²) in [7, 11) is 0. The number of hydrogen-bond donors (Lipinski definition) is 1. The van der Waals surface area contributed by atoms with Crippen LogP contribution in [0.2, 0.25) is 0 Å². The standard InChI is InChI=1S/C23H34N4O/c1-18-8-10-21(11-9-18)22(26-13-6-4-5-7-14-26)16-25-23(28)19(2)17-27-15-12-24-20(27)3/h8-12,15,19,22H,4-7,13-14,16-17H2,1-3H3,(H,25,28). The average Bonchev–Trinajstić information content (AvgIpc) is 2.93. The maximum absolute atomic E-state index is 12.8. The Morgan fingerprint density at radius 2 is 1.79 bits per heavy atom. The van der Waals surface area contributed by atoms with Crippen LogP contribution in [-0.4, -0.2) is 40.0 Å². The van der Waals surface area contributed by atoms with Gasteiger partial charge in [0.25, 0.3) is 0 Å². The van der Waals surface area contributed by atoms with Gasteiger partial charge in [0, 0.05) is 25.5 Å². The van der Waals surface area contributed by atoms with E-state index >= 15 is 0 Å². The van der Waals surface area contributed by atoms with Gasteiger partial charge in [0.2, 0.25) is 5.91 Å². The number of carbonyl (C=O) groups is 1. The number of imidazole rings is 1. The zero-order valence-corrected chi connectivity index (χ0v) is 17.5. The number of aryl methyl sites for hydroxylation is 2. The summed E-state index contributed by atoms with van der Waals surface area (Å²) in [5, 5.41) is 3.23. The molecule has 1 aliphatic heterocycles. The molecule has 2 heterocycles. The Bertz CT molecular complexity index is 744. The van der Waals surface area contributed by atoms with Crippen LogP contribution in [0.4, 0.5) is 0 Å². The number of amides is 1. The van der Waals surface area contributed by atoms with Gasteiger partial charge in [0.15, 0.2) is 0 Å². The number of nitrogens with zero attached hydrogens (tertiary/aromatic N) is 3. The van der Waals surface area contributed by atoms with Gasteiger partial charge in [-0.3, -0.25) is 9.69 Å². The quantitative estimate of drug-likeness (QED) is 0.791. The second-order valence-electron chi connectivity index (χ2n) is 8.15. The highest BCUT2D eigenvalue weighted by Gasteiger charge is 2.23. The average molecular weight is 383 g/mol. The molecule has 152 valence electrons. The molecule has 5 nitrogen and oxygen atoms in total. The molecular formula is C23H34N4O. The van der Waals surface area contributed by atoms with Crippen LogP contribution in [0, 0.1) is 19.8 Å². The lowest BCUT2D eigenvalue weighted by molar-refractivity contribution is -0.125.